The fourth-order valence-corrected chi connectivity index (χ4v) is 1.86. The van der Waals surface area contributed by atoms with Gasteiger partial charge in [-0.15, -0.1) is 0 Å². The Balaban J connectivity index is 2.21. The van der Waals surface area contributed by atoms with Crippen LogP contribution in [0.25, 0.3) is 0 Å². The third kappa shape index (κ3) is 2.72. The lowest BCUT2D eigenvalue weighted by atomic mass is 9.87. The zero-order valence-corrected chi connectivity index (χ0v) is 9.67. The number of fused-ring (bicyclic) bond motifs is 1. The molecule has 1 aromatic rings. The van der Waals surface area contributed by atoms with E-state index in [1.807, 2.05) is 0 Å². The Morgan fingerprint density at radius 1 is 1.27 bits per heavy atom. The molecular weight excluding hydrogens is 188 g/mol. The maximum Gasteiger partial charge on any atom is 0.168 e. The maximum atomic E-state index is 5.18. The highest BCUT2D eigenvalue weighted by molar-refractivity contribution is 5.38. The van der Waals surface area contributed by atoms with Crippen molar-refractivity contribution in [1.82, 2.24) is 0 Å². The van der Waals surface area contributed by atoms with Gasteiger partial charge in [0.15, 0.2) is 5.75 Å². The van der Waals surface area contributed by atoms with Crippen molar-refractivity contribution in [3.8, 4) is 5.75 Å². The third-order valence-electron chi connectivity index (χ3n) is 2.47. The van der Waals surface area contributed by atoms with E-state index in [4.69, 9.17) is 9.78 Å². The second kappa shape index (κ2) is 3.86. The van der Waals surface area contributed by atoms with Gasteiger partial charge in [-0.3, -0.25) is 0 Å². The molecule has 82 valence electrons. The largest absolute Gasteiger partial charge is 0.337 e. The second-order valence-electron chi connectivity index (χ2n) is 5.33. The van der Waals surface area contributed by atoms with Gasteiger partial charge in [-0.25, -0.2) is 0 Å². The summed E-state index contributed by atoms with van der Waals surface area (Å²) in [5, 5.41) is 0. The number of rotatable bonds is 1. The summed E-state index contributed by atoms with van der Waals surface area (Å²) in [6, 6.07) is 6.44. The first-order chi connectivity index (χ1) is 7.04. The molecule has 0 N–H and O–H groups in total. The van der Waals surface area contributed by atoms with Gasteiger partial charge >= 0.3 is 0 Å². The van der Waals surface area contributed by atoms with E-state index >= 15 is 0 Å². The zero-order valence-electron chi connectivity index (χ0n) is 9.67. The number of hydrogen-bond acceptors (Lipinski definition) is 2. The standard InChI is InChI=1S/C13H18O2/c1-13(2,3)9-10-4-5-11-6-7-14-15-12(11)8-10/h4-5,8H,6-7,9H2,1-3H3. The molecular formula is C13H18O2. The molecule has 1 aliphatic heterocycles. The van der Waals surface area contributed by atoms with Crippen LogP contribution in [0.15, 0.2) is 18.2 Å². The van der Waals surface area contributed by atoms with Crippen LogP contribution in [0.5, 0.6) is 5.75 Å². The third-order valence-corrected chi connectivity index (χ3v) is 2.47. The van der Waals surface area contributed by atoms with Crippen LogP contribution in [-0.4, -0.2) is 6.61 Å². The average Bonchev–Trinajstić information content (AvgIpc) is 2.15. The summed E-state index contributed by atoms with van der Waals surface area (Å²) in [5.41, 5.74) is 2.87. The van der Waals surface area contributed by atoms with Gasteiger partial charge in [-0.05, 0) is 23.5 Å². The Bertz CT molecular complexity index is 350. The molecule has 2 nitrogen and oxygen atoms in total. The predicted molar refractivity (Wildman–Crippen MR) is 59.9 cm³/mol. The minimum absolute atomic E-state index is 0.309. The van der Waals surface area contributed by atoms with Crippen molar-refractivity contribution in [3.05, 3.63) is 29.3 Å². The Kier molecular flexibility index (Phi) is 2.70. The van der Waals surface area contributed by atoms with Crippen LogP contribution in [0.2, 0.25) is 0 Å². The highest BCUT2D eigenvalue weighted by atomic mass is 17.2. The number of benzene rings is 1. The van der Waals surface area contributed by atoms with Crippen LogP contribution in [0.4, 0.5) is 0 Å². The lowest BCUT2D eigenvalue weighted by Crippen LogP contribution is -2.13. The van der Waals surface area contributed by atoms with Gasteiger partial charge in [0.05, 0.1) is 6.61 Å². The van der Waals surface area contributed by atoms with Crippen molar-refractivity contribution in [3.63, 3.8) is 0 Å². The SMILES string of the molecule is CC(C)(C)Cc1ccc2c(c1)OOCC2. The van der Waals surface area contributed by atoms with Crippen LogP contribution in [0, 0.1) is 5.41 Å². The predicted octanol–water partition coefficient (Wildman–Crippen LogP) is 3.14. The van der Waals surface area contributed by atoms with E-state index in [9.17, 15) is 0 Å². The summed E-state index contributed by atoms with van der Waals surface area (Å²) in [6.07, 6.45) is 2.01. The Morgan fingerprint density at radius 2 is 2.07 bits per heavy atom. The van der Waals surface area contributed by atoms with Gasteiger partial charge in [-0.2, -0.15) is 4.89 Å². The molecule has 0 spiro atoms. The fourth-order valence-electron chi connectivity index (χ4n) is 1.86. The molecule has 0 aromatic heterocycles. The van der Waals surface area contributed by atoms with Crippen molar-refractivity contribution >= 4 is 0 Å². The van der Waals surface area contributed by atoms with Gasteiger partial charge in [-0.1, -0.05) is 32.9 Å². The van der Waals surface area contributed by atoms with E-state index in [1.165, 1.54) is 11.1 Å². The van der Waals surface area contributed by atoms with Gasteiger partial charge < -0.3 is 4.89 Å². The summed E-state index contributed by atoms with van der Waals surface area (Å²) in [4.78, 5) is 10.2. The Morgan fingerprint density at radius 3 is 2.80 bits per heavy atom. The lowest BCUT2D eigenvalue weighted by Gasteiger charge is -2.20. The van der Waals surface area contributed by atoms with Crippen LogP contribution in [-0.2, 0) is 17.7 Å². The fraction of sp³-hybridized carbons (Fsp3) is 0.538. The zero-order chi connectivity index (χ0) is 10.9. The highest BCUT2D eigenvalue weighted by Gasteiger charge is 2.15. The molecule has 0 atom stereocenters. The van der Waals surface area contributed by atoms with Crippen molar-refractivity contribution in [2.45, 2.75) is 33.6 Å². The molecule has 0 amide bonds. The van der Waals surface area contributed by atoms with Crippen LogP contribution < -0.4 is 4.89 Å². The Hall–Kier alpha value is -1.02. The quantitative estimate of drug-likeness (QED) is 0.657. The molecule has 1 aliphatic rings. The molecule has 2 rings (SSSR count). The normalized spacial score (nSPS) is 15.7. The van der Waals surface area contributed by atoms with Gasteiger partial charge in [0, 0.05) is 12.0 Å². The smallest absolute Gasteiger partial charge is 0.168 e. The molecule has 0 fully saturated rings. The first-order valence-electron chi connectivity index (χ1n) is 5.46. The molecule has 0 saturated heterocycles. The first-order valence-corrected chi connectivity index (χ1v) is 5.46. The summed E-state index contributed by atoms with van der Waals surface area (Å²) in [6.45, 7) is 7.38. The van der Waals surface area contributed by atoms with Crippen LogP contribution in [0.3, 0.4) is 0 Å². The second-order valence-corrected chi connectivity index (χ2v) is 5.33. The molecule has 0 aliphatic carbocycles. The summed E-state index contributed by atoms with van der Waals surface area (Å²) in [7, 11) is 0. The minimum atomic E-state index is 0.309. The molecule has 0 saturated carbocycles. The molecule has 0 radical (unpaired) electrons. The van der Waals surface area contributed by atoms with E-state index in [0.717, 1.165) is 18.6 Å². The van der Waals surface area contributed by atoms with E-state index in [1.54, 1.807) is 0 Å². The van der Waals surface area contributed by atoms with E-state index < -0.39 is 0 Å². The monoisotopic (exact) mass is 206 g/mol. The molecule has 1 heterocycles. The average molecular weight is 206 g/mol. The molecule has 1 aromatic carbocycles. The highest BCUT2D eigenvalue weighted by Crippen LogP contribution is 2.28. The van der Waals surface area contributed by atoms with Gasteiger partial charge in [0.25, 0.3) is 0 Å². The minimum Gasteiger partial charge on any atom is -0.337 e. The molecule has 0 unspecified atom stereocenters. The topological polar surface area (TPSA) is 18.5 Å². The summed E-state index contributed by atoms with van der Waals surface area (Å²) < 4.78 is 0. The van der Waals surface area contributed by atoms with Crippen LogP contribution in [0.1, 0.15) is 31.9 Å². The van der Waals surface area contributed by atoms with Crippen molar-refractivity contribution in [2.75, 3.05) is 6.61 Å². The van der Waals surface area contributed by atoms with Gasteiger partial charge in [0.1, 0.15) is 0 Å². The van der Waals surface area contributed by atoms with E-state index in [0.29, 0.717) is 12.0 Å². The van der Waals surface area contributed by atoms with Crippen molar-refractivity contribution in [2.24, 2.45) is 5.41 Å². The maximum absolute atomic E-state index is 5.18. The van der Waals surface area contributed by atoms with E-state index in [-0.39, 0.29) is 0 Å². The number of hydrogen-bond donors (Lipinski definition) is 0. The molecule has 2 heteroatoms. The summed E-state index contributed by atoms with van der Waals surface area (Å²) >= 11 is 0. The first kappa shape index (κ1) is 10.5. The molecule has 0 bridgehead atoms. The van der Waals surface area contributed by atoms with Crippen LogP contribution >= 0.6 is 0 Å². The molecule has 15 heavy (non-hydrogen) atoms. The summed E-state index contributed by atoms with van der Waals surface area (Å²) in [5.74, 6) is 0.892. The Labute approximate surface area is 91.1 Å². The van der Waals surface area contributed by atoms with Crippen molar-refractivity contribution < 1.29 is 9.78 Å². The lowest BCUT2D eigenvalue weighted by molar-refractivity contribution is -0.215. The van der Waals surface area contributed by atoms with Crippen molar-refractivity contribution in [1.29, 1.82) is 0 Å². The van der Waals surface area contributed by atoms with Gasteiger partial charge in [0.2, 0.25) is 0 Å². The van der Waals surface area contributed by atoms with E-state index in [2.05, 4.69) is 39.0 Å².